The van der Waals surface area contributed by atoms with Crippen molar-refractivity contribution in [1.29, 1.82) is 0 Å². The molecule has 4 heterocycles. The summed E-state index contributed by atoms with van der Waals surface area (Å²) in [5, 5.41) is 7.88. The zero-order chi connectivity index (χ0) is 26.2. The Labute approximate surface area is 219 Å². The van der Waals surface area contributed by atoms with E-state index in [0.717, 1.165) is 30.5 Å². The summed E-state index contributed by atoms with van der Waals surface area (Å²) in [6, 6.07) is 7.85. The number of imidazole rings is 1. The maximum Gasteiger partial charge on any atom is 0.229 e. The highest BCUT2D eigenvalue weighted by Gasteiger charge is 2.27. The number of hydrogen-bond acceptors (Lipinski definition) is 7. The Kier molecular flexibility index (Phi) is 6.67. The van der Waals surface area contributed by atoms with Crippen LogP contribution in [0.1, 0.15) is 44.1 Å². The van der Waals surface area contributed by atoms with Crippen molar-refractivity contribution in [2.75, 3.05) is 18.5 Å². The van der Waals surface area contributed by atoms with Crippen molar-refractivity contribution in [2.24, 2.45) is 11.7 Å². The van der Waals surface area contributed by atoms with E-state index in [0.29, 0.717) is 42.9 Å². The first-order chi connectivity index (χ1) is 18.4. The zero-order valence-corrected chi connectivity index (χ0v) is 21.1. The van der Waals surface area contributed by atoms with Gasteiger partial charge in [-0.15, -0.1) is 0 Å². The van der Waals surface area contributed by atoms with Crippen molar-refractivity contribution in [3.05, 3.63) is 66.1 Å². The van der Waals surface area contributed by atoms with Crippen molar-refractivity contribution >= 4 is 17.2 Å². The minimum atomic E-state index is -0.752. The van der Waals surface area contributed by atoms with Crippen LogP contribution in [0.2, 0.25) is 0 Å². The van der Waals surface area contributed by atoms with E-state index in [9.17, 15) is 0 Å². The van der Waals surface area contributed by atoms with Gasteiger partial charge in [-0.05, 0) is 54.9 Å². The Morgan fingerprint density at radius 3 is 2.71 bits per heavy atom. The third kappa shape index (κ3) is 4.93. The Hall–Kier alpha value is -3.63. The lowest BCUT2D eigenvalue weighted by atomic mass is 9.76. The first kappa shape index (κ1) is 24.7. The fourth-order valence-electron chi connectivity index (χ4n) is 5.66. The van der Waals surface area contributed by atoms with E-state index >= 15 is 8.78 Å². The molecule has 1 unspecified atom stereocenters. The predicted molar refractivity (Wildman–Crippen MR) is 139 cm³/mol. The number of nitrogens with zero attached hydrogens (tertiary/aromatic N) is 4. The highest BCUT2D eigenvalue weighted by atomic mass is 19.1. The van der Waals surface area contributed by atoms with Gasteiger partial charge in [-0.2, -0.15) is 9.61 Å². The Bertz CT molecular complexity index is 1420. The number of halogens is 2. The number of anilines is 2. The summed E-state index contributed by atoms with van der Waals surface area (Å²) in [6.45, 7) is 3.21. The van der Waals surface area contributed by atoms with E-state index in [1.807, 2.05) is 6.07 Å². The topological polar surface area (TPSA) is 99.6 Å². The van der Waals surface area contributed by atoms with Gasteiger partial charge in [0.25, 0.3) is 0 Å². The summed E-state index contributed by atoms with van der Waals surface area (Å²) in [4.78, 5) is 8.78. The minimum Gasteiger partial charge on any atom is -0.488 e. The van der Waals surface area contributed by atoms with Crippen LogP contribution in [0.4, 0.5) is 20.4 Å². The van der Waals surface area contributed by atoms with Crippen molar-refractivity contribution in [1.82, 2.24) is 19.6 Å². The molecule has 38 heavy (non-hydrogen) atoms. The lowest BCUT2D eigenvalue weighted by Crippen LogP contribution is -2.31. The van der Waals surface area contributed by atoms with Gasteiger partial charge in [0.15, 0.2) is 0 Å². The van der Waals surface area contributed by atoms with Gasteiger partial charge in [0.05, 0.1) is 48.1 Å². The third-order valence-corrected chi connectivity index (χ3v) is 7.37. The Balaban J connectivity index is 1.30. The maximum absolute atomic E-state index is 15.1. The fourth-order valence-corrected chi connectivity index (χ4v) is 5.66. The van der Waals surface area contributed by atoms with Crippen LogP contribution in [0.25, 0.3) is 16.8 Å². The molecule has 0 spiro atoms. The number of rotatable bonds is 6. The van der Waals surface area contributed by atoms with Crippen molar-refractivity contribution < 1.29 is 18.3 Å². The van der Waals surface area contributed by atoms with E-state index in [4.69, 9.17) is 15.2 Å². The SMILES string of the molecule is C[C@@H]1C[C@H](N)C[C@H](c2ccncc2Nc2ncc3ccc(-c4c(F)cc(OC5CCOC5)cc4F)nn23)C1. The number of pyridine rings is 1. The molecule has 3 aromatic heterocycles. The maximum atomic E-state index is 15.1. The fraction of sp³-hybridized carbons (Fsp3) is 0.393. The smallest absolute Gasteiger partial charge is 0.229 e. The molecule has 10 heteroatoms. The largest absolute Gasteiger partial charge is 0.488 e. The number of ether oxygens (including phenoxy) is 2. The van der Waals surface area contributed by atoms with E-state index in [2.05, 4.69) is 27.3 Å². The third-order valence-electron chi connectivity index (χ3n) is 7.37. The molecule has 0 bridgehead atoms. The molecule has 0 radical (unpaired) electrons. The van der Waals surface area contributed by atoms with Crippen LogP contribution < -0.4 is 15.8 Å². The number of hydrogen-bond donors (Lipinski definition) is 2. The molecule has 0 amide bonds. The minimum absolute atomic E-state index is 0.131. The highest BCUT2D eigenvalue weighted by Crippen LogP contribution is 2.39. The van der Waals surface area contributed by atoms with Crippen molar-refractivity contribution in [3.63, 3.8) is 0 Å². The molecule has 198 valence electrons. The van der Waals surface area contributed by atoms with Crippen LogP contribution in [0.3, 0.4) is 0 Å². The molecule has 1 saturated heterocycles. The first-order valence-electron chi connectivity index (χ1n) is 13.0. The Morgan fingerprint density at radius 1 is 1.11 bits per heavy atom. The molecule has 1 aliphatic heterocycles. The van der Waals surface area contributed by atoms with Gasteiger partial charge in [-0.1, -0.05) is 6.92 Å². The summed E-state index contributed by atoms with van der Waals surface area (Å²) in [7, 11) is 0. The van der Waals surface area contributed by atoms with Gasteiger partial charge in [0, 0.05) is 30.8 Å². The predicted octanol–water partition coefficient (Wildman–Crippen LogP) is 5.21. The van der Waals surface area contributed by atoms with E-state index in [1.165, 1.54) is 12.1 Å². The molecule has 6 rings (SSSR count). The standard InChI is InChI=1S/C28H30F2N6O2/c1-16-8-17(10-18(31)9-16)22-4-6-32-14-26(22)34-28-33-13-19-2-3-25(35-36(19)28)27-23(29)11-21(12-24(27)30)38-20-5-7-37-15-20/h2-4,6,11-14,16-18,20H,5,7-10,15,31H2,1H3,(H,33,34)/t16-,17+,18-,20?/m0/s1. The number of aromatic nitrogens is 4. The first-order valence-corrected chi connectivity index (χ1v) is 13.0. The number of nitrogens with two attached hydrogens (primary N) is 1. The summed E-state index contributed by atoms with van der Waals surface area (Å²) in [6.07, 6.45) is 8.65. The van der Waals surface area contributed by atoms with Crippen LogP contribution in [0.5, 0.6) is 5.75 Å². The van der Waals surface area contributed by atoms with Crippen LogP contribution in [-0.4, -0.2) is 44.9 Å². The molecule has 1 aromatic carbocycles. The van der Waals surface area contributed by atoms with Crippen molar-refractivity contribution in [3.8, 4) is 17.0 Å². The summed E-state index contributed by atoms with van der Waals surface area (Å²) >= 11 is 0. The second-order valence-corrected chi connectivity index (χ2v) is 10.4. The summed E-state index contributed by atoms with van der Waals surface area (Å²) in [5.74, 6) is -0.115. The van der Waals surface area contributed by atoms with Gasteiger partial charge in [-0.25, -0.2) is 13.8 Å². The highest BCUT2D eigenvalue weighted by molar-refractivity contribution is 5.66. The van der Waals surface area contributed by atoms with E-state index < -0.39 is 11.6 Å². The van der Waals surface area contributed by atoms with Crippen LogP contribution in [-0.2, 0) is 4.74 Å². The van der Waals surface area contributed by atoms with Gasteiger partial charge < -0.3 is 20.5 Å². The summed E-state index contributed by atoms with van der Waals surface area (Å²) in [5.41, 5.74) is 8.85. The van der Waals surface area contributed by atoms with Gasteiger partial charge in [0.1, 0.15) is 23.5 Å². The Morgan fingerprint density at radius 2 is 1.95 bits per heavy atom. The van der Waals surface area contributed by atoms with Gasteiger partial charge >= 0.3 is 0 Å². The second kappa shape index (κ2) is 10.3. The molecule has 1 saturated carbocycles. The zero-order valence-electron chi connectivity index (χ0n) is 21.1. The van der Waals surface area contributed by atoms with Crippen LogP contribution >= 0.6 is 0 Å². The molecule has 2 fully saturated rings. The second-order valence-electron chi connectivity index (χ2n) is 10.4. The molecular weight excluding hydrogens is 490 g/mol. The molecule has 8 nitrogen and oxygen atoms in total. The monoisotopic (exact) mass is 520 g/mol. The molecular formula is C28H30F2N6O2. The number of nitrogens with one attached hydrogen (secondary N) is 1. The quantitative estimate of drug-likeness (QED) is 0.360. The number of benzene rings is 1. The summed E-state index contributed by atoms with van der Waals surface area (Å²) < 4.78 is 42.7. The molecule has 4 atom stereocenters. The molecule has 1 aliphatic carbocycles. The van der Waals surface area contributed by atoms with E-state index in [1.54, 1.807) is 35.2 Å². The molecule has 4 aromatic rings. The normalized spacial score (nSPS) is 23.6. The average Bonchev–Trinajstić information content (AvgIpc) is 3.53. The average molecular weight is 521 g/mol. The lowest BCUT2D eigenvalue weighted by Gasteiger charge is -2.32. The molecule has 3 N–H and O–H groups in total. The van der Waals surface area contributed by atoms with Gasteiger partial charge in [-0.3, -0.25) is 4.98 Å². The molecule has 2 aliphatic rings. The number of fused-ring (bicyclic) bond motifs is 1. The van der Waals surface area contributed by atoms with Crippen LogP contribution in [0, 0.1) is 17.6 Å². The van der Waals surface area contributed by atoms with Crippen LogP contribution in [0.15, 0.2) is 48.9 Å². The van der Waals surface area contributed by atoms with Gasteiger partial charge in [0.2, 0.25) is 5.95 Å². The lowest BCUT2D eigenvalue weighted by molar-refractivity contribution is 0.141. The van der Waals surface area contributed by atoms with E-state index in [-0.39, 0.29) is 29.2 Å². The van der Waals surface area contributed by atoms with Crippen molar-refractivity contribution in [2.45, 2.75) is 50.7 Å².